The van der Waals surface area contributed by atoms with Crippen molar-refractivity contribution >= 4 is 52.2 Å². The molecule has 0 spiro atoms. The SMILES string of the molecule is COC(CNC(=O)Nc1ccc(F)c(Cl)c1)CNc1c(Cl)cncc1Cl. The summed E-state index contributed by atoms with van der Waals surface area (Å²) in [4.78, 5) is 15.8. The summed E-state index contributed by atoms with van der Waals surface area (Å²) in [6, 6.07) is 3.42. The van der Waals surface area contributed by atoms with Gasteiger partial charge in [0.1, 0.15) is 5.82 Å². The fourth-order valence-electron chi connectivity index (χ4n) is 1.99. The largest absolute Gasteiger partial charge is 0.380 e. The highest BCUT2D eigenvalue weighted by Crippen LogP contribution is 2.28. The second-order valence-corrected chi connectivity index (χ2v) is 6.40. The topological polar surface area (TPSA) is 75.3 Å². The first-order valence-corrected chi connectivity index (χ1v) is 8.59. The van der Waals surface area contributed by atoms with Crippen molar-refractivity contribution in [2.45, 2.75) is 6.10 Å². The van der Waals surface area contributed by atoms with Crippen LogP contribution in [0.1, 0.15) is 0 Å². The predicted octanol–water partition coefficient (Wildman–Crippen LogP) is 4.43. The minimum Gasteiger partial charge on any atom is -0.380 e. The van der Waals surface area contributed by atoms with E-state index in [0.717, 1.165) is 0 Å². The zero-order valence-corrected chi connectivity index (χ0v) is 15.9. The molecule has 1 aromatic carbocycles. The molecule has 6 nitrogen and oxygen atoms in total. The number of hydrogen-bond donors (Lipinski definition) is 3. The van der Waals surface area contributed by atoms with Gasteiger partial charge in [0.05, 0.1) is 26.9 Å². The minimum atomic E-state index is -0.559. The van der Waals surface area contributed by atoms with E-state index < -0.39 is 11.8 Å². The lowest BCUT2D eigenvalue weighted by Crippen LogP contribution is -2.39. The van der Waals surface area contributed by atoms with Crippen molar-refractivity contribution < 1.29 is 13.9 Å². The second kappa shape index (κ2) is 9.78. The standard InChI is InChI=1S/C16H16Cl3FN4O2/c1-26-10(5-22-15-12(18)7-21-8-13(15)19)6-23-16(25)24-9-2-3-14(20)11(17)4-9/h2-4,7-8,10H,5-6H2,1H3,(H,21,22)(H2,23,24,25). The number of hydrogen-bond acceptors (Lipinski definition) is 4. The Labute approximate surface area is 165 Å². The first-order chi connectivity index (χ1) is 12.4. The van der Waals surface area contributed by atoms with Crippen LogP contribution >= 0.6 is 34.8 Å². The first-order valence-electron chi connectivity index (χ1n) is 7.46. The van der Waals surface area contributed by atoms with Crippen LogP contribution in [0.5, 0.6) is 0 Å². The van der Waals surface area contributed by atoms with Crippen molar-refractivity contribution in [2.24, 2.45) is 0 Å². The molecule has 2 aromatic rings. The molecule has 0 fully saturated rings. The van der Waals surface area contributed by atoms with Gasteiger partial charge in [-0.1, -0.05) is 34.8 Å². The fourth-order valence-corrected chi connectivity index (χ4v) is 2.67. The summed E-state index contributed by atoms with van der Waals surface area (Å²) >= 11 is 17.7. The number of anilines is 2. The normalized spacial score (nSPS) is 11.7. The van der Waals surface area contributed by atoms with Crippen LogP contribution in [0.3, 0.4) is 0 Å². The van der Waals surface area contributed by atoms with E-state index in [1.54, 1.807) is 0 Å². The van der Waals surface area contributed by atoms with Gasteiger partial charge in [0.2, 0.25) is 0 Å². The van der Waals surface area contributed by atoms with Gasteiger partial charge in [0.25, 0.3) is 0 Å². The summed E-state index contributed by atoms with van der Waals surface area (Å²) < 4.78 is 18.4. The zero-order chi connectivity index (χ0) is 19.1. The summed E-state index contributed by atoms with van der Waals surface area (Å²) in [6.45, 7) is 0.563. The van der Waals surface area contributed by atoms with E-state index in [9.17, 15) is 9.18 Å². The van der Waals surface area contributed by atoms with Gasteiger partial charge in [-0.15, -0.1) is 0 Å². The average Bonchev–Trinajstić information content (AvgIpc) is 2.60. The van der Waals surface area contributed by atoms with Crippen molar-refractivity contribution in [3.05, 3.63) is 51.5 Å². The number of urea groups is 1. The molecule has 26 heavy (non-hydrogen) atoms. The summed E-state index contributed by atoms with van der Waals surface area (Å²) in [5, 5.41) is 8.95. The van der Waals surface area contributed by atoms with Crippen molar-refractivity contribution in [1.29, 1.82) is 0 Å². The van der Waals surface area contributed by atoms with E-state index in [0.29, 0.717) is 28.0 Å². The van der Waals surface area contributed by atoms with Crippen molar-refractivity contribution in [3.8, 4) is 0 Å². The third kappa shape index (κ3) is 5.88. The maximum Gasteiger partial charge on any atom is 0.319 e. The van der Waals surface area contributed by atoms with Crippen molar-refractivity contribution in [1.82, 2.24) is 10.3 Å². The number of pyridine rings is 1. The van der Waals surface area contributed by atoms with Crippen LogP contribution in [-0.4, -0.2) is 37.3 Å². The Morgan fingerprint density at radius 2 is 1.88 bits per heavy atom. The Morgan fingerprint density at radius 3 is 2.50 bits per heavy atom. The lowest BCUT2D eigenvalue weighted by Gasteiger charge is -2.18. The Bertz CT molecular complexity index is 759. The Hall–Kier alpha value is -1.80. The third-order valence-corrected chi connectivity index (χ3v) is 4.22. The van der Waals surface area contributed by atoms with E-state index >= 15 is 0 Å². The van der Waals surface area contributed by atoms with Gasteiger partial charge in [-0.3, -0.25) is 4.98 Å². The Balaban J connectivity index is 1.84. The molecule has 140 valence electrons. The average molecular weight is 422 g/mol. The zero-order valence-electron chi connectivity index (χ0n) is 13.7. The molecule has 0 saturated carbocycles. The summed E-state index contributed by atoms with van der Waals surface area (Å²) in [5.41, 5.74) is 0.909. The molecule has 3 N–H and O–H groups in total. The highest BCUT2D eigenvalue weighted by atomic mass is 35.5. The number of ether oxygens (including phenoxy) is 1. The summed E-state index contributed by atoms with van der Waals surface area (Å²) in [7, 11) is 1.52. The number of benzene rings is 1. The van der Waals surface area contributed by atoms with Crippen molar-refractivity contribution in [3.63, 3.8) is 0 Å². The van der Waals surface area contributed by atoms with Gasteiger partial charge in [0, 0.05) is 38.3 Å². The molecule has 0 aliphatic rings. The number of amides is 2. The maximum absolute atomic E-state index is 13.1. The molecule has 1 unspecified atom stereocenters. The predicted molar refractivity (Wildman–Crippen MR) is 102 cm³/mol. The number of carbonyl (C=O) groups excluding carboxylic acids is 1. The van der Waals surface area contributed by atoms with Crippen molar-refractivity contribution in [2.75, 3.05) is 30.8 Å². The molecular weight excluding hydrogens is 406 g/mol. The lowest BCUT2D eigenvalue weighted by molar-refractivity contribution is 0.114. The molecule has 10 heteroatoms. The van der Waals surface area contributed by atoms with Crippen LogP contribution in [0.25, 0.3) is 0 Å². The van der Waals surface area contributed by atoms with Crippen LogP contribution in [0, 0.1) is 5.82 Å². The molecule has 1 atom stereocenters. The molecule has 1 aromatic heterocycles. The van der Waals surface area contributed by atoms with E-state index in [2.05, 4.69) is 20.9 Å². The highest BCUT2D eigenvalue weighted by Gasteiger charge is 2.13. The van der Waals surface area contributed by atoms with Gasteiger partial charge in [-0.05, 0) is 18.2 Å². The van der Waals surface area contributed by atoms with Crippen LogP contribution < -0.4 is 16.0 Å². The lowest BCUT2D eigenvalue weighted by atomic mass is 10.3. The van der Waals surface area contributed by atoms with Gasteiger partial charge < -0.3 is 20.7 Å². The molecule has 0 bridgehead atoms. The van der Waals surface area contributed by atoms with Gasteiger partial charge in [0.15, 0.2) is 0 Å². The van der Waals surface area contributed by atoms with E-state index in [-0.39, 0.29) is 17.7 Å². The van der Waals surface area contributed by atoms with Gasteiger partial charge in [-0.2, -0.15) is 0 Å². The number of nitrogens with zero attached hydrogens (tertiary/aromatic N) is 1. The van der Waals surface area contributed by atoms with E-state index in [4.69, 9.17) is 39.5 Å². The Kier molecular flexibility index (Phi) is 7.71. The van der Waals surface area contributed by atoms with Crippen LogP contribution in [-0.2, 0) is 4.74 Å². The molecule has 0 aliphatic carbocycles. The molecular formula is C16H16Cl3FN4O2. The fraction of sp³-hybridized carbons (Fsp3) is 0.250. The number of carbonyl (C=O) groups is 1. The summed E-state index contributed by atoms with van der Waals surface area (Å²) in [6.07, 6.45) is 2.59. The maximum atomic E-state index is 13.1. The molecule has 0 radical (unpaired) electrons. The second-order valence-electron chi connectivity index (χ2n) is 5.18. The third-order valence-electron chi connectivity index (χ3n) is 3.36. The molecule has 0 aliphatic heterocycles. The summed E-state index contributed by atoms with van der Waals surface area (Å²) in [5.74, 6) is -0.559. The van der Waals surface area contributed by atoms with Crippen LogP contribution in [0.2, 0.25) is 15.1 Å². The smallest absolute Gasteiger partial charge is 0.319 e. The first kappa shape index (κ1) is 20.5. The van der Waals surface area contributed by atoms with E-state index in [1.165, 1.54) is 37.7 Å². The monoisotopic (exact) mass is 420 g/mol. The van der Waals surface area contributed by atoms with Gasteiger partial charge in [-0.25, -0.2) is 9.18 Å². The number of rotatable bonds is 7. The highest BCUT2D eigenvalue weighted by molar-refractivity contribution is 6.38. The number of nitrogens with one attached hydrogen (secondary N) is 3. The molecule has 0 saturated heterocycles. The molecule has 2 rings (SSSR count). The van der Waals surface area contributed by atoms with E-state index in [1.807, 2.05) is 0 Å². The van der Waals surface area contributed by atoms with Crippen LogP contribution in [0.4, 0.5) is 20.6 Å². The minimum absolute atomic E-state index is 0.0760. The number of aromatic nitrogens is 1. The van der Waals surface area contributed by atoms with Gasteiger partial charge >= 0.3 is 6.03 Å². The quantitative estimate of drug-likeness (QED) is 0.618. The Morgan fingerprint density at radius 1 is 1.19 bits per heavy atom. The van der Waals surface area contributed by atoms with Crippen LogP contribution in [0.15, 0.2) is 30.6 Å². The number of halogens is 4. The molecule has 1 heterocycles. The molecule has 2 amide bonds. The number of methoxy groups -OCH3 is 1.